The Morgan fingerprint density at radius 3 is 2.44 bits per heavy atom. The van der Waals surface area contributed by atoms with Gasteiger partial charge in [0.05, 0.1) is 22.8 Å². The predicted molar refractivity (Wildman–Crippen MR) is 126 cm³/mol. The van der Waals surface area contributed by atoms with Crippen molar-refractivity contribution < 1.29 is 18.0 Å². The molecule has 2 heterocycles. The Morgan fingerprint density at radius 1 is 1.08 bits per heavy atom. The lowest BCUT2D eigenvalue weighted by Crippen LogP contribution is -2.45. The quantitative estimate of drug-likeness (QED) is 0.361. The van der Waals surface area contributed by atoms with Gasteiger partial charge in [-0.25, -0.2) is 27.3 Å². The van der Waals surface area contributed by atoms with Gasteiger partial charge in [-0.1, -0.05) is 11.6 Å². The average molecular weight is 522 g/mol. The van der Waals surface area contributed by atoms with Gasteiger partial charge in [-0.2, -0.15) is 10.1 Å². The van der Waals surface area contributed by atoms with Crippen molar-refractivity contribution in [3.05, 3.63) is 79.5 Å². The molecule has 2 N–H and O–H groups in total. The number of likely N-dealkylation sites (N-methyl/N-ethyl adjacent to an activating group) is 1. The maximum Gasteiger partial charge on any atom is 0.355 e. The van der Waals surface area contributed by atoms with Crippen LogP contribution >= 0.6 is 11.6 Å². The largest absolute Gasteiger partial charge is 0.355 e. The van der Waals surface area contributed by atoms with Crippen molar-refractivity contribution in [2.24, 2.45) is 7.05 Å². The summed E-state index contributed by atoms with van der Waals surface area (Å²) in [5.41, 5.74) is -1.31. The molecule has 0 bridgehead atoms. The van der Waals surface area contributed by atoms with E-state index in [0.717, 1.165) is 4.57 Å². The van der Waals surface area contributed by atoms with Crippen molar-refractivity contribution in [1.29, 1.82) is 0 Å². The highest BCUT2D eigenvalue weighted by Crippen LogP contribution is 2.29. The van der Waals surface area contributed by atoms with Crippen LogP contribution in [0.2, 0.25) is 5.02 Å². The number of aryl methyl sites for hydroxylation is 1. The number of carbonyl (C=O) groups is 1. The molecule has 0 spiro atoms. The Hall–Kier alpha value is -4.13. The molecule has 2 aromatic carbocycles. The Kier molecular flexibility index (Phi) is 6.84. The van der Waals surface area contributed by atoms with E-state index in [-0.39, 0.29) is 28.8 Å². The number of hydrogen-bond acceptors (Lipinski definition) is 6. The molecule has 188 valence electrons. The van der Waals surface area contributed by atoms with Crippen LogP contribution in [0.3, 0.4) is 0 Å². The molecule has 0 unspecified atom stereocenters. The Balaban J connectivity index is 1.84. The first-order valence-corrected chi connectivity index (χ1v) is 11.0. The van der Waals surface area contributed by atoms with Crippen LogP contribution in [-0.2, 0) is 24.9 Å². The maximum absolute atomic E-state index is 13.8. The van der Waals surface area contributed by atoms with E-state index >= 15 is 0 Å². The normalized spacial score (nSPS) is 11.2. The number of fused-ring (bicyclic) bond motifs is 1. The monoisotopic (exact) mass is 521 g/mol. The Bertz CT molecular complexity index is 1590. The number of nitrogens with zero attached hydrogens (tertiary/aromatic N) is 5. The molecule has 0 aliphatic heterocycles. The highest BCUT2D eigenvalue weighted by Gasteiger charge is 2.19. The van der Waals surface area contributed by atoms with Crippen LogP contribution in [0.4, 0.5) is 24.8 Å². The fourth-order valence-electron chi connectivity index (χ4n) is 3.57. The van der Waals surface area contributed by atoms with Crippen molar-refractivity contribution in [3.8, 4) is 0 Å². The van der Waals surface area contributed by atoms with E-state index in [2.05, 4.69) is 20.7 Å². The number of anilines is 2. The van der Waals surface area contributed by atoms with Crippen LogP contribution in [0, 0.1) is 17.5 Å². The zero-order valence-corrected chi connectivity index (χ0v) is 19.7. The average Bonchev–Trinajstić information content (AvgIpc) is 3.16. The summed E-state index contributed by atoms with van der Waals surface area (Å²) >= 11 is 6.34. The third-order valence-electron chi connectivity index (χ3n) is 5.16. The number of nitrogens with one attached hydrogen (secondary N) is 2. The van der Waals surface area contributed by atoms with Gasteiger partial charge in [0.2, 0.25) is 11.9 Å². The van der Waals surface area contributed by atoms with Gasteiger partial charge in [0.25, 0.3) is 0 Å². The molecular formula is C22H19ClF3N7O3. The summed E-state index contributed by atoms with van der Waals surface area (Å²) in [6.07, 6.45) is 1.71. The fraction of sp³-hybridized carbons (Fsp3) is 0.227. The van der Waals surface area contributed by atoms with Gasteiger partial charge in [0, 0.05) is 25.2 Å². The van der Waals surface area contributed by atoms with Gasteiger partial charge in [-0.3, -0.25) is 14.0 Å². The molecule has 0 saturated heterocycles. The minimum Gasteiger partial charge on any atom is -0.355 e. The maximum atomic E-state index is 13.8. The van der Waals surface area contributed by atoms with Gasteiger partial charge >= 0.3 is 11.4 Å². The third-order valence-corrected chi connectivity index (χ3v) is 5.48. The molecular weight excluding hydrogens is 503 g/mol. The molecule has 4 rings (SSSR count). The van der Waals surface area contributed by atoms with E-state index in [1.807, 2.05) is 0 Å². The molecule has 0 saturated carbocycles. The highest BCUT2D eigenvalue weighted by atomic mass is 35.5. The topological polar surface area (TPSA) is 116 Å². The molecule has 0 aliphatic carbocycles. The molecule has 0 aliphatic rings. The van der Waals surface area contributed by atoms with Crippen LogP contribution in [-0.4, -0.2) is 36.4 Å². The molecule has 2 aromatic heterocycles. The van der Waals surface area contributed by atoms with Crippen LogP contribution in [0.25, 0.3) is 10.9 Å². The van der Waals surface area contributed by atoms with Crippen LogP contribution in [0.1, 0.15) is 12.5 Å². The first kappa shape index (κ1) is 25.0. The smallest absolute Gasteiger partial charge is 0.355 e. The summed E-state index contributed by atoms with van der Waals surface area (Å²) in [6.45, 7) is 0.779. The zero-order valence-electron chi connectivity index (χ0n) is 19.0. The summed E-state index contributed by atoms with van der Waals surface area (Å²) in [5.74, 6) is -5.51. The fourth-order valence-corrected chi connectivity index (χ4v) is 3.77. The van der Waals surface area contributed by atoms with Crippen LogP contribution < -0.4 is 22.0 Å². The van der Waals surface area contributed by atoms with E-state index in [0.29, 0.717) is 27.6 Å². The second-order valence-electron chi connectivity index (χ2n) is 7.82. The number of benzene rings is 2. The summed E-state index contributed by atoms with van der Waals surface area (Å²) in [7, 11) is 1.72. The lowest BCUT2D eigenvalue weighted by Gasteiger charge is -2.16. The minimum absolute atomic E-state index is 0.129. The van der Waals surface area contributed by atoms with E-state index in [1.165, 1.54) is 0 Å². The Labute approximate surface area is 205 Å². The van der Waals surface area contributed by atoms with E-state index in [4.69, 9.17) is 11.6 Å². The van der Waals surface area contributed by atoms with Crippen LogP contribution in [0.15, 0.2) is 40.1 Å². The molecule has 14 heteroatoms. The third kappa shape index (κ3) is 4.96. The van der Waals surface area contributed by atoms with Crippen LogP contribution in [0.5, 0.6) is 0 Å². The first-order valence-electron chi connectivity index (χ1n) is 10.6. The zero-order chi connectivity index (χ0) is 26.1. The van der Waals surface area contributed by atoms with Crippen molar-refractivity contribution in [1.82, 2.24) is 29.2 Å². The summed E-state index contributed by atoms with van der Waals surface area (Å²) in [6, 6.07) is 4.59. The van der Waals surface area contributed by atoms with Gasteiger partial charge in [0.1, 0.15) is 6.54 Å². The number of amides is 1. The minimum atomic E-state index is -1.67. The number of aromatic nitrogens is 5. The number of carbonyl (C=O) groups excluding carboxylic acids is 1. The summed E-state index contributed by atoms with van der Waals surface area (Å²) < 4.78 is 44.1. The lowest BCUT2D eigenvalue weighted by atomic mass is 10.2. The predicted octanol–water partition coefficient (Wildman–Crippen LogP) is 2.29. The van der Waals surface area contributed by atoms with Gasteiger partial charge in [-0.15, -0.1) is 0 Å². The number of rotatable bonds is 7. The second-order valence-corrected chi connectivity index (χ2v) is 8.23. The van der Waals surface area contributed by atoms with Crippen molar-refractivity contribution >= 4 is 40.0 Å². The first-order chi connectivity index (χ1) is 17.1. The molecule has 36 heavy (non-hydrogen) atoms. The van der Waals surface area contributed by atoms with E-state index in [9.17, 15) is 27.6 Å². The highest BCUT2D eigenvalue weighted by molar-refractivity contribution is 6.34. The summed E-state index contributed by atoms with van der Waals surface area (Å²) in [5, 5.41) is 10.4. The van der Waals surface area contributed by atoms with Crippen molar-refractivity contribution in [3.63, 3.8) is 0 Å². The Morgan fingerprint density at radius 2 is 1.78 bits per heavy atom. The lowest BCUT2D eigenvalue weighted by molar-refractivity contribution is -0.121. The number of hydrogen-bond donors (Lipinski definition) is 2. The van der Waals surface area contributed by atoms with E-state index in [1.54, 1.807) is 37.0 Å². The molecule has 4 aromatic rings. The summed E-state index contributed by atoms with van der Waals surface area (Å²) in [4.78, 5) is 41.8. The molecule has 0 radical (unpaired) electrons. The SMILES string of the molecule is CCNC(=O)Cn1c(=O)nc(Nc2cc3cn(C)nc3cc2Cl)n(Cc2cc(F)c(F)c(F)c2)c1=O. The van der Waals surface area contributed by atoms with E-state index < -0.39 is 47.8 Å². The van der Waals surface area contributed by atoms with Gasteiger partial charge < -0.3 is 10.6 Å². The second kappa shape index (κ2) is 9.85. The number of halogens is 4. The standard InChI is InChI=1S/C22H19ClF3N7O3/c1-3-27-18(34)10-33-21(35)29-20(28-17-6-12-9-31(2)30-16(12)7-13(17)23)32(22(33)36)8-11-4-14(24)19(26)15(25)5-11/h4-7,9H,3,8,10H2,1-2H3,(H,27,34)(H,28,29,35). The molecule has 1 amide bonds. The van der Waals surface area contributed by atoms with Gasteiger partial charge in [-0.05, 0) is 36.8 Å². The molecule has 0 atom stereocenters. The van der Waals surface area contributed by atoms with Crippen molar-refractivity contribution in [2.45, 2.75) is 20.0 Å². The van der Waals surface area contributed by atoms with Gasteiger partial charge in [0.15, 0.2) is 17.5 Å². The molecule has 0 fully saturated rings. The van der Waals surface area contributed by atoms with Crippen molar-refractivity contribution in [2.75, 3.05) is 11.9 Å². The molecule has 10 nitrogen and oxygen atoms in total.